The van der Waals surface area contributed by atoms with Gasteiger partial charge in [-0.05, 0) is 43.5 Å². The number of nitrogens with zero attached hydrogens (tertiary/aromatic N) is 1. The van der Waals surface area contributed by atoms with Crippen LogP contribution in [0.15, 0.2) is 24.3 Å². The summed E-state index contributed by atoms with van der Waals surface area (Å²) >= 11 is 0. The van der Waals surface area contributed by atoms with Gasteiger partial charge in [-0.25, -0.2) is 0 Å². The van der Waals surface area contributed by atoms with E-state index in [9.17, 15) is 0 Å². The third-order valence-electron chi connectivity index (χ3n) is 3.83. The van der Waals surface area contributed by atoms with Crippen LogP contribution in [0.5, 0.6) is 0 Å². The number of hydrogen-bond acceptors (Lipinski definition) is 2. The van der Waals surface area contributed by atoms with Gasteiger partial charge in [0.25, 0.3) is 0 Å². The van der Waals surface area contributed by atoms with Gasteiger partial charge >= 0.3 is 0 Å². The van der Waals surface area contributed by atoms with Crippen molar-refractivity contribution in [3.63, 3.8) is 0 Å². The number of rotatable bonds is 3. The van der Waals surface area contributed by atoms with Gasteiger partial charge in [-0.15, -0.1) is 0 Å². The van der Waals surface area contributed by atoms with E-state index in [2.05, 4.69) is 55.4 Å². The van der Waals surface area contributed by atoms with Crippen LogP contribution in [-0.2, 0) is 0 Å². The molecule has 0 spiro atoms. The van der Waals surface area contributed by atoms with Crippen molar-refractivity contribution in [2.24, 2.45) is 0 Å². The first-order valence-electron chi connectivity index (χ1n) is 6.73. The van der Waals surface area contributed by atoms with E-state index in [-0.39, 0.29) is 0 Å². The summed E-state index contributed by atoms with van der Waals surface area (Å²) in [5, 5.41) is 3.37. The van der Waals surface area contributed by atoms with E-state index < -0.39 is 0 Å². The molecule has 1 aromatic carbocycles. The molecule has 1 saturated heterocycles. The summed E-state index contributed by atoms with van der Waals surface area (Å²) in [6.07, 6.45) is 2.50. The molecule has 0 saturated carbocycles. The lowest BCUT2D eigenvalue weighted by Gasteiger charge is -2.33. The van der Waals surface area contributed by atoms with Crippen LogP contribution in [0.4, 0.5) is 5.69 Å². The Balaban J connectivity index is 1.99. The van der Waals surface area contributed by atoms with E-state index in [1.807, 2.05) is 0 Å². The maximum atomic E-state index is 3.37. The zero-order valence-electron chi connectivity index (χ0n) is 11.2. The number of benzene rings is 1. The fourth-order valence-corrected chi connectivity index (χ4v) is 2.50. The Morgan fingerprint density at radius 3 is 2.18 bits per heavy atom. The van der Waals surface area contributed by atoms with Gasteiger partial charge in [0, 0.05) is 24.8 Å². The molecule has 1 N–H and O–H groups in total. The summed E-state index contributed by atoms with van der Waals surface area (Å²) < 4.78 is 0. The van der Waals surface area contributed by atoms with Crippen LogP contribution in [0.1, 0.15) is 38.2 Å². The lowest BCUT2D eigenvalue weighted by molar-refractivity contribution is 0.442. The Morgan fingerprint density at radius 2 is 1.71 bits per heavy atom. The van der Waals surface area contributed by atoms with Crippen molar-refractivity contribution in [3.8, 4) is 0 Å². The summed E-state index contributed by atoms with van der Waals surface area (Å²) in [5.41, 5.74) is 2.81. The fourth-order valence-electron chi connectivity index (χ4n) is 2.50. The Bertz CT molecular complexity index is 334. The lowest BCUT2D eigenvalue weighted by atomic mass is 10.0. The third-order valence-corrected chi connectivity index (χ3v) is 3.83. The van der Waals surface area contributed by atoms with Crippen LogP contribution in [0.2, 0.25) is 0 Å². The van der Waals surface area contributed by atoms with Crippen LogP contribution in [0.25, 0.3) is 0 Å². The largest absolute Gasteiger partial charge is 0.371 e. The van der Waals surface area contributed by atoms with E-state index in [4.69, 9.17) is 0 Å². The van der Waals surface area contributed by atoms with Gasteiger partial charge in [0.1, 0.15) is 0 Å². The standard InChI is InChI=1S/C15H24N2/c1-12(2)13-4-6-15(7-5-13)17-10-8-14(16-3)9-11-17/h4-7,12,14,16H,8-11H2,1-3H3. The number of nitrogens with one attached hydrogen (secondary N) is 1. The molecule has 1 aliphatic heterocycles. The van der Waals surface area contributed by atoms with Gasteiger partial charge in [0.05, 0.1) is 0 Å². The average molecular weight is 232 g/mol. The third kappa shape index (κ3) is 3.01. The Hall–Kier alpha value is -1.02. The van der Waals surface area contributed by atoms with Crippen molar-refractivity contribution in [2.75, 3.05) is 25.0 Å². The second-order valence-corrected chi connectivity index (χ2v) is 5.30. The van der Waals surface area contributed by atoms with Crippen molar-refractivity contribution in [1.29, 1.82) is 0 Å². The van der Waals surface area contributed by atoms with Gasteiger partial charge in [-0.1, -0.05) is 26.0 Å². The highest BCUT2D eigenvalue weighted by atomic mass is 15.1. The van der Waals surface area contributed by atoms with Gasteiger partial charge < -0.3 is 10.2 Å². The maximum absolute atomic E-state index is 3.37. The first kappa shape index (κ1) is 12.4. The van der Waals surface area contributed by atoms with Gasteiger partial charge in [0.15, 0.2) is 0 Å². The van der Waals surface area contributed by atoms with Crippen molar-refractivity contribution in [1.82, 2.24) is 5.32 Å². The average Bonchev–Trinajstić information content (AvgIpc) is 2.39. The highest BCUT2D eigenvalue weighted by Gasteiger charge is 2.17. The van der Waals surface area contributed by atoms with Gasteiger partial charge in [-0.2, -0.15) is 0 Å². The zero-order valence-corrected chi connectivity index (χ0v) is 11.2. The molecule has 2 rings (SSSR count). The van der Waals surface area contributed by atoms with Crippen LogP contribution in [-0.4, -0.2) is 26.2 Å². The van der Waals surface area contributed by atoms with E-state index in [0.717, 1.165) is 0 Å². The molecular weight excluding hydrogens is 208 g/mol. The summed E-state index contributed by atoms with van der Waals surface area (Å²) in [7, 11) is 2.07. The monoisotopic (exact) mass is 232 g/mol. The summed E-state index contributed by atoms with van der Waals surface area (Å²) in [6, 6.07) is 9.79. The predicted octanol–water partition coefficient (Wildman–Crippen LogP) is 3.00. The van der Waals surface area contributed by atoms with E-state index in [1.54, 1.807) is 0 Å². The Kier molecular flexibility index (Phi) is 4.06. The zero-order chi connectivity index (χ0) is 12.3. The quantitative estimate of drug-likeness (QED) is 0.862. The Labute approximate surface area is 105 Å². The molecule has 94 valence electrons. The topological polar surface area (TPSA) is 15.3 Å². The number of anilines is 1. The Morgan fingerprint density at radius 1 is 1.12 bits per heavy atom. The molecule has 17 heavy (non-hydrogen) atoms. The summed E-state index contributed by atoms with van der Waals surface area (Å²) in [6.45, 7) is 6.83. The lowest BCUT2D eigenvalue weighted by Crippen LogP contribution is -2.41. The summed E-state index contributed by atoms with van der Waals surface area (Å²) in [5.74, 6) is 0.624. The summed E-state index contributed by atoms with van der Waals surface area (Å²) in [4.78, 5) is 2.50. The normalized spacial score (nSPS) is 17.8. The van der Waals surface area contributed by atoms with E-state index >= 15 is 0 Å². The highest BCUT2D eigenvalue weighted by Crippen LogP contribution is 2.22. The molecular formula is C15H24N2. The first-order chi connectivity index (χ1) is 8.20. The molecule has 1 heterocycles. The first-order valence-corrected chi connectivity index (χ1v) is 6.73. The maximum Gasteiger partial charge on any atom is 0.0366 e. The van der Waals surface area contributed by atoms with Crippen molar-refractivity contribution >= 4 is 5.69 Å². The van der Waals surface area contributed by atoms with Crippen molar-refractivity contribution in [3.05, 3.63) is 29.8 Å². The molecule has 1 aromatic rings. The van der Waals surface area contributed by atoms with Gasteiger partial charge in [0.2, 0.25) is 0 Å². The smallest absolute Gasteiger partial charge is 0.0366 e. The van der Waals surface area contributed by atoms with Crippen molar-refractivity contribution < 1.29 is 0 Å². The minimum atomic E-state index is 0.624. The molecule has 2 heteroatoms. The molecule has 1 aliphatic rings. The van der Waals surface area contributed by atoms with E-state index in [1.165, 1.54) is 37.2 Å². The minimum absolute atomic E-state index is 0.624. The second-order valence-electron chi connectivity index (χ2n) is 5.30. The fraction of sp³-hybridized carbons (Fsp3) is 0.600. The number of hydrogen-bond donors (Lipinski definition) is 1. The molecule has 0 bridgehead atoms. The second kappa shape index (κ2) is 5.54. The molecule has 1 fully saturated rings. The SMILES string of the molecule is CNC1CCN(c2ccc(C(C)C)cc2)CC1. The molecule has 0 aromatic heterocycles. The highest BCUT2D eigenvalue weighted by molar-refractivity contribution is 5.48. The molecule has 0 unspecified atom stereocenters. The molecule has 2 nitrogen and oxygen atoms in total. The molecule has 0 radical (unpaired) electrons. The van der Waals surface area contributed by atoms with Crippen LogP contribution < -0.4 is 10.2 Å². The van der Waals surface area contributed by atoms with Crippen LogP contribution in [0.3, 0.4) is 0 Å². The number of piperidine rings is 1. The molecule has 0 amide bonds. The minimum Gasteiger partial charge on any atom is -0.371 e. The molecule has 0 atom stereocenters. The van der Waals surface area contributed by atoms with Crippen LogP contribution in [0, 0.1) is 0 Å². The molecule has 0 aliphatic carbocycles. The predicted molar refractivity (Wildman–Crippen MR) is 74.8 cm³/mol. The van der Waals surface area contributed by atoms with Crippen molar-refractivity contribution in [2.45, 2.75) is 38.6 Å². The van der Waals surface area contributed by atoms with Gasteiger partial charge in [-0.3, -0.25) is 0 Å². The van der Waals surface area contributed by atoms with E-state index in [0.29, 0.717) is 12.0 Å². The van der Waals surface area contributed by atoms with Crippen LogP contribution >= 0.6 is 0 Å².